The first-order chi connectivity index (χ1) is 15.6. The number of rotatable bonds is 7. The van der Waals surface area contributed by atoms with E-state index in [2.05, 4.69) is 23.3 Å². The molecule has 1 heterocycles. The van der Waals surface area contributed by atoms with E-state index in [0.717, 1.165) is 17.8 Å². The van der Waals surface area contributed by atoms with Crippen molar-refractivity contribution in [3.8, 4) is 5.75 Å². The van der Waals surface area contributed by atoms with E-state index in [-0.39, 0.29) is 18.2 Å². The van der Waals surface area contributed by atoms with Crippen LogP contribution in [0.15, 0.2) is 48.5 Å². The summed E-state index contributed by atoms with van der Waals surface area (Å²) in [4.78, 5) is 29.8. The van der Waals surface area contributed by atoms with Crippen LogP contribution in [0.1, 0.15) is 44.1 Å². The Bertz CT molecular complexity index is 955. The summed E-state index contributed by atoms with van der Waals surface area (Å²) in [5, 5.41) is 3.11. The fourth-order valence-electron chi connectivity index (χ4n) is 4.90. The van der Waals surface area contributed by atoms with Gasteiger partial charge in [0.2, 0.25) is 11.8 Å². The van der Waals surface area contributed by atoms with Crippen LogP contribution in [0.3, 0.4) is 0 Å². The van der Waals surface area contributed by atoms with Gasteiger partial charge in [0.05, 0.1) is 18.7 Å². The van der Waals surface area contributed by atoms with Crippen molar-refractivity contribution in [3.05, 3.63) is 54.1 Å². The highest BCUT2D eigenvalue weighted by Crippen LogP contribution is 2.33. The molecule has 6 heteroatoms. The van der Waals surface area contributed by atoms with Gasteiger partial charge in [-0.05, 0) is 43.7 Å². The van der Waals surface area contributed by atoms with E-state index in [4.69, 9.17) is 4.74 Å². The Morgan fingerprint density at radius 1 is 1.09 bits per heavy atom. The van der Waals surface area contributed by atoms with Crippen LogP contribution in [0.2, 0.25) is 0 Å². The molecule has 4 rings (SSSR count). The van der Waals surface area contributed by atoms with Crippen LogP contribution in [0, 0.1) is 5.92 Å². The number of methoxy groups -OCH3 is 1. The fraction of sp³-hybridized carbons (Fsp3) is 0.462. The lowest BCUT2D eigenvalue weighted by molar-refractivity contribution is -0.122. The van der Waals surface area contributed by atoms with Crippen LogP contribution < -0.4 is 15.0 Å². The van der Waals surface area contributed by atoms with Crippen molar-refractivity contribution >= 4 is 23.2 Å². The van der Waals surface area contributed by atoms with Crippen LogP contribution in [0.4, 0.5) is 11.4 Å². The van der Waals surface area contributed by atoms with E-state index in [0.29, 0.717) is 24.0 Å². The summed E-state index contributed by atoms with van der Waals surface area (Å²) < 4.78 is 5.40. The van der Waals surface area contributed by atoms with Gasteiger partial charge in [-0.25, -0.2) is 0 Å². The second kappa shape index (κ2) is 10.2. The third kappa shape index (κ3) is 4.96. The molecule has 1 atom stereocenters. The highest BCUT2D eigenvalue weighted by molar-refractivity contribution is 6.04. The van der Waals surface area contributed by atoms with Gasteiger partial charge >= 0.3 is 0 Å². The molecule has 2 aromatic carbocycles. The highest BCUT2D eigenvalue weighted by Gasteiger charge is 2.36. The first-order valence-electron chi connectivity index (χ1n) is 11.6. The molecule has 1 N–H and O–H groups in total. The van der Waals surface area contributed by atoms with Crippen LogP contribution in [0.5, 0.6) is 5.75 Å². The SMILES string of the molecule is COc1ccccc1N1C[C@@H](C(=O)Nc2ccccc2CN(C)C2CCCCC2)CC1=O. The molecule has 32 heavy (non-hydrogen) atoms. The van der Waals surface area contributed by atoms with Crippen LogP contribution in [-0.2, 0) is 16.1 Å². The fourth-order valence-corrected chi connectivity index (χ4v) is 4.90. The molecule has 0 aromatic heterocycles. The Labute approximate surface area is 190 Å². The number of benzene rings is 2. The maximum atomic E-state index is 13.1. The summed E-state index contributed by atoms with van der Waals surface area (Å²) in [7, 11) is 3.76. The zero-order chi connectivity index (χ0) is 22.5. The summed E-state index contributed by atoms with van der Waals surface area (Å²) in [6.07, 6.45) is 6.62. The molecule has 1 aliphatic carbocycles. The molecule has 0 spiro atoms. The lowest BCUT2D eigenvalue weighted by Crippen LogP contribution is -2.33. The first kappa shape index (κ1) is 22.3. The van der Waals surface area contributed by atoms with Crippen molar-refractivity contribution in [2.45, 2.75) is 51.1 Å². The number of carbonyl (C=O) groups excluding carboxylic acids is 2. The predicted molar refractivity (Wildman–Crippen MR) is 127 cm³/mol. The summed E-state index contributed by atoms with van der Waals surface area (Å²) >= 11 is 0. The van der Waals surface area contributed by atoms with Gasteiger partial charge < -0.3 is 15.0 Å². The third-order valence-corrected chi connectivity index (χ3v) is 6.76. The van der Waals surface area contributed by atoms with E-state index < -0.39 is 5.92 Å². The van der Waals surface area contributed by atoms with Crippen molar-refractivity contribution in [3.63, 3.8) is 0 Å². The van der Waals surface area contributed by atoms with Crippen LogP contribution >= 0.6 is 0 Å². The van der Waals surface area contributed by atoms with Crippen molar-refractivity contribution in [2.75, 3.05) is 30.9 Å². The van der Waals surface area contributed by atoms with E-state index >= 15 is 0 Å². The summed E-state index contributed by atoms with van der Waals surface area (Å²) in [5.41, 5.74) is 2.66. The van der Waals surface area contributed by atoms with Gasteiger partial charge in [0, 0.05) is 31.2 Å². The number of anilines is 2. The Morgan fingerprint density at radius 2 is 1.81 bits per heavy atom. The topological polar surface area (TPSA) is 61.9 Å². The molecule has 0 radical (unpaired) electrons. The van der Waals surface area contributed by atoms with Crippen LogP contribution in [0.25, 0.3) is 0 Å². The predicted octanol–water partition coefficient (Wildman–Crippen LogP) is 4.45. The molecular weight excluding hydrogens is 402 g/mol. The smallest absolute Gasteiger partial charge is 0.229 e. The number of ether oxygens (including phenoxy) is 1. The summed E-state index contributed by atoms with van der Waals surface area (Å²) in [5.74, 6) is 0.0815. The minimum Gasteiger partial charge on any atom is -0.495 e. The average Bonchev–Trinajstić information content (AvgIpc) is 3.22. The molecule has 1 saturated heterocycles. The summed E-state index contributed by atoms with van der Waals surface area (Å²) in [6, 6.07) is 16.0. The average molecular weight is 436 g/mol. The molecule has 170 valence electrons. The second-order valence-corrected chi connectivity index (χ2v) is 8.93. The molecule has 0 unspecified atom stereocenters. The van der Waals surface area contributed by atoms with Gasteiger partial charge in [0.1, 0.15) is 5.75 Å². The maximum absolute atomic E-state index is 13.1. The number of amides is 2. The standard InChI is InChI=1S/C26H33N3O3/c1-28(21-11-4-3-5-12-21)17-19-10-6-7-13-22(19)27-26(31)20-16-25(30)29(18-20)23-14-8-9-15-24(23)32-2/h6-10,13-15,20-21H,3-5,11-12,16-18H2,1-2H3,(H,27,31)/t20-/m0/s1. The van der Waals surface area contributed by atoms with E-state index in [1.165, 1.54) is 32.1 Å². The number of nitrogens with zero attached hydrogens (tertiary/aromatic N) is 2. The number of carbonyl (C=O) groups is 2. The summed E-state index contributed by atoms with van der Waals surface area (Å²) in [6.45, 7) is 1.16. The molecule has 2 aliphatic rings. The molecular formula is C26H33N3O3. The zero-order valence-electron chi connectivity index (χ0n) is 19.0. The maximum Gasteiger partial charge on any atom is 0.229 e. The molecule has 2 fully saturated rings. The van der Waals surface area contributed by atoms with Crippen molar-refractivity contribution in [1.29, 1.82) is 0 Å². The van der Waals surface area contributed by atoms with Crippen molar-refractivity contribution in [2.24, 2.45) is 5.92 Å². The molecule has 2 amide bonds. The zero-order valence-corrected chi connectivity index (χ0v) is 19.0. The minimum absolute atomic E-state index is 0.0556. The van der Waals surface area contributed by atoms with Gasteiger partial charge in [0.15, 0.2) is 0 Å². The Balaban J connectivity index is 1.43. The molecule has 2 aromatic rings. The quantitative estimate of drug-likeness (QED) is 0.698. The Kier molecular flexibility index (Phi) is 7.10. The number of para-hydroxylation sites is 3. The van der Waals surface area contributed by atoms with E-state index in [1.807, 2.05) is 42.5 Å². The third-order valence-electron chi connectivity index (χ3n) is 6.76. The van der Waals surface area contributed by atoms with E-state index in [1.54, 1.807) is 12.0 Å². The Morgan fingerprint density at radius 3 is 2.59 bits per heavy atom. The van der Waals surface area contributed by atoms with E-state index in [9.17, 15) is 9.59 Å². The van der Waals surface area contributed by atoms with Gasteiger partial charge in [0.25, 0.3) is 0 Å². The Hall–Kier alpha value is -2.86. The second-order valence-electron chi connectivity index (χ2n) is 8.93. The largest absolute Gasteiger partial charge is 0.495 e. The normalized spacial score (nSPS) is 19.4. The lowest BCUT2D eigenvalue weighted by atomic mass is 9.94. The van der Waals surface area contributed by atoms with Gasteiger partial charge in [-0.1, -0.05) is 49.6 Å². The monoisotopic (exact) mass is 435 g/mol. The molecule has 1 saturated carbocycles. The molecule has 0 bridgehead atoms. The van der Waals surface area contributed by atoms with Crippen LogP contribution in [-0.4, -0.2) is 43.5 Å². The first-order valence-corrected chi connectivity index (χ1v) is 11.6. The minimum atomic E-state index is -0.392. The van der Waals surface area contributed by atoms with Gasteiger partial charge in [-0.15, -0.1) is 0 Å². The van der Waals surface area contributed by atoms with Gasteiger partial charge in [-0.2, -0.15) is 0 Å². The lowest BCUT2D eigenvalue weighted by Gasteiger charge is -2.31. The van der Waals surface area contributed by atoms with Gasteiger partial charge in [-0.3, -0.25) is 14.5 Å². The number of hydrogen-bond donors (Lipinski definition) is 1. The molecule has 1 aliphatic heterocycles. The van der Waals surface area contributed by atoms with Crippen molar-refractivity contribution in [1.82, 2.24) is 4.90 Å². The number of nitrogens with one attached hydrogen (secondary N) is 1. The molecule has 6 nitrogen and oxygen atoms in total. The number of hydrogen-bond acceptors (Lipinski definition) is 4. The van der Waals surface area contributed by atoms with Crippen molar-refractivity contribution < 1.29 is 14.3 Å². The highest BCUT2D eigenvalue weighted by atomic mass is 16.5.